The van der Waals surface area contributed by atoms with Crippen LogP contribution in [0.15, 0.2) is 48.8 Å². The van der Waals surface area contributed by atoms with Crippen LogP contribution >= 0.6 is 11.6 Å². The highest BCUT2D eigenvalue weighted by atomic mass is 35.5. The van der Waals surface area contributed by atoms with Crippen molar-refractivity contribution in [2.24, 2.45) is 0 Å². The minimum atomic E-state index is 0.161. The van der Waals surface area contributed by atoms with Crippen LogP contribution in [0.3, 0.4) is 0 Å². The van der Waals surface area contributed by atoms with Gasteiger partial charge in [0.1, 0.15) is 0 Å². The first-order chi connectivity index (χ1) is 13.1. The van der Waals surface area contributed by atoms with Gasteiger partial charge in [-0.3, -0.25) is 4.79 Å². The van der Waals surface area contributed by atoms with E-state index in [0.717, 1.165) is 35.4 Å². The Hall–Kier alpha value is -2.59. The number of aryl methyl sites for hydroxylation is 1. The van der Waals surface area contributed by atoms with E-state index in [4.69, 9.17) is 11.6 Å². The summed E-state index contributed by atoms with van der Waals surface area (Å²) >= 11 is 6.12. The van der Waals surface area contributed by atoms with Gasteiger partial charge < -0.3 is 9.47 Å². The fraction of sp³-hybridized carbons (Fsp3) is 0.273. The van der Waals surface area contributed by atoms with Gasteiger partial charge in [0.2, 0.25) is 6.41 Å². The average molecular weight is 380 g/mol. The smallest absolute Gasteiger partial charge is 0.209 e. The number of hydrogen-bond acceptors (Lipinski definition) is 2. The number of carbonyl (C=O) groups is 1. The molecule has 0 N–H and O–H groups in total. The van der Waals surface area contributed by atoms with Crippen LogP contribution in [-0.2, 0) is 4.79 Å². The van der Waals surface area contributed by atoms with E-state index in [1.807, 2.05) is 18.5 Å². The SMILES string of the molecule is Cc1cc(Cl)ccc1C(C)n1cnc2ccc(C3=CCN(C=O)CC3)cc21. The summed E-state index contributed by atoms with van der Waals surface area (Å²) in [6.07, 6.45) is 5.86. The Balaban J connectivity index is 1.72. The lowest BCUT2D eigenvalue weighted by Gasteiger charge is -2.23. The Labute approximate surface area is 164 Å². The Morgan fingerprint density at radius 2 is 2.07 bits per heavy atom. The molecule has 1 amide bonds. The van der Waals surface area contributed by atoms with Gasteiger partial charge in [0.25, 0.3) is 0 Å². The van der Waals surface area contributed by atoms with Gasteiger partial charge in [-0.05, 0) is 66.8 Å². The Morgan fingerprint density at radius 1 is 1.22 bits per heavy atom. The van der Waals surface area contributed by atoms with Crippen molar-refractivity contribution in [2.45, 2.75) is 26.3 Å². The summed E-state index contributed by atoms with van der Waals surface area (Å²) in [5.41, 5.74) is 7.02. The molecule has 0 aliphatic carbocycles. The second-order valence-corrected chi connectivity index (χ2v) is 7.55. The number of nitrogens with zero attached hydrogens (tertiary/aromatic N) is 3. The molecule has 4 rings (SSSR count). The predicted molar refractivity (Wildman–Crippen MR) is 110 cm³/mol. The van der Waals surface area contributed by atoms with E-state index in [1.165, 1.54) is 22.3 Å². The van der Waals surface area contributed by atoms with Crippen LogP contribution in [-0.4, -0.2) is 34.0 Å². The molecule has 0 saturated carbocycles. The van der Waals surface area contributed by atoms with Crippen LogP contribution < -0.4 is 0 Å². The molecule has 0 spiro atoms. The van der Waals surface area contributed by atoms with Crippen molar-refractivity contribution in [1.29, 1.82) is 0 Å². The van der Waals surface area contributed by atoms with Crippen molar-refractivity contribution in [2.75, 3.05) is 13.1 Å². The van der Waals surface area contributed by atoms with Crippen molar-refractivity contribution >= 4 is 34.6 Å². The number of hydrogen-bond donors (Lipinski definition) is 0. The zero-order valence-corrected chi connectivity index (χ0v) is 16.3. The van der Waals surface area contributed by atoms with Gasteiger partial charge in [-0.2, -0.15) is 0 Å². The monoisotopic (exact) mass is 379 g/mol. The number of halogens is 1. The highest BCUT2D eigenvalue weighted by Gasteiger charge is 2.16. The summed E-state index contributed by atoms with van der Waals surface area (Å²) in [5, 5.41) is 0.759. The predicted octanol–water partition coefficient (Wildman–Crippen LogP) is 4.85. The van der Waals surface area contributed by atoms with Crippen LogP contribution in [0.2, 0.25) is 5.02 Å². The molecule has 0 bridgehead atoms. The number of benzene rings is 2. The summed E-state index contributed by atoms with van der Waals surface area (Å²) in [5.74, 6) is 0. The quantitative estimate of drug-likeness (QED) is 0.607. The molecule has 0 saturated heterocycles. The number of rotatable bonds is 4. The third-order valence-electron chi connectivity index (χ3n) is 5.43. The number of carbonyl (C=O) groups excluding carboxylic acids is 1. The van der Waals surface area contributed by atoms with E-state index in [9.17, 15) is 4.79 Å². The van der Waals surface area contributed by atoms with Crippen LogP contribution in [0.1, 0.15) is 36.1 Å². The van der Waals surface area contributed by atoms with Crippen LogP contribution in [0.4, 0.5) is 0 Å². The van der Waals surface area contributed by atoms with Crippen LogP contribution in [0.25, 0.3) is 16.6 Å². The first-order valence-corrected chi connectivity index (χ1v) is 9.56. The molecule has 1 aliphatic rings. The lowest BCUT2D eigenvalue weighted by molar-refractivity contribution is -0.117. The molecule has 4 nitrogen and oxygen atoms in total. The van der Waals surface area contributed by atoms with Crippen molar-refractivity contribution in [3.8, 4) is 0 Å². The maximum atomic E-state index is 10.9. The van der Waals surface area contributed by atoms with E-state index in [1.54, 1.807) is 4.90 Å². The zero-order valence-electron chi connectivity index (χ0n) is 15.5. The average Bonchev–Trinajstić information content (AvgIpc) is 3.11. The maximum Gasteiger partial charge on any atom is 0.209 e. The standard InChI is InChI=1S/C22H22ClN3O/c1-15-11-19(23)4-5-20(15)16(2)26-13-24-21-6-3-18(12-22(21)26)17-7-9-25(14-27)10-8-17/h3-7,11-14,16H,8-10H2,1-2H3. The Bertz CT molecular complexity index is 1040. The molecule has 0 fully saturated rings. The normalized spacial score (nSPS) is 15.7. The summed E-state index contributed by atoms with van der Waals surface area (Å²) in [7, 11) is 0. The fourth-order valence-electron chi connectivity index (χ4n) is 3.83. The van der Waals surface area contributed by atoms with E-state index in [0.29, 0.717) is 6.54 Å². The first kappa shape index (κ1) is 17.8. The second-order valence-electron chi connectivity index (χ2n) is 7.11. The topological polar surface area (TPSA) is 38.1 Å². The van der Waals surface area contributed by atoms with Gasteiger partial charge in [-0.25, -0.2) is 4.98 Å². The number of fused-ring (bicyclic) bond motifs is 1. The first-order valence-electron chi connectivity index (χ1n) is 9.18. The number of amides is 1. The molecule has 2 heterocycles. The molecular weight excluding hydrogens is 358 g/mol. The van der Waals surface area contributed by atoms with Crippen molar-refractivity contribution in [3.05, 3.63) is 70.5 Å². The van der Waals surface area contributed by atoms with Gasteiger partial charge in [0, 0.05) is 18.1 Å². The van der Waals surface area contributed by atoms with E-state index >= 15 is 0 Å². The summed E-state index contributed by atoms with van der Waals surface area (Å²) < 4.78 is 2.22. The lowest BCUT2D eigenvalue weighted by atomic mass is 9.98. The van der Waals surface area contributed by atoms with Crippen LogP contribution in [0.5, 0.6) is 0 Å². The second kappa shape index (κ2) is 7.20. The maximum absolute atomic E-state index is 10.9. The Kier molecular flexibility index (Phi) is 4.75. The molecule has 1 aliphatic heterocycles. The molecular formula is C22H22ClN3O. The number of imidazole rings is 1. The molecule has 27 heavy (non-hydrogen) atoms. The van der Waals surface area contributed by atoms with Crippen molar-refractivity contribution < 1.29 is 4.79 Å². The van der Waals surface area contributed by atoms with Gasteiger partial charge in [-0.1, -0.05) is 29.8 Å². The molecule has 0 radical (unpaired) electrons. The minimum Gasteiger partial charge on any atom is -0.341 e. The molecule has 138 valence electrons. The van der Waals surface area contributed by atoms with Crippen LogP contribution in [0, 0.1) is 6.92 Å². The third-order valence-corrected chi connectivity index (χ3v) is 5.67. The molecule has 1 unspecified atom stereocenters. The minimum absolute atomic E-state index is 0.161. The summed E-state index contributed by atoms with van der Waals surface area (Å²) in [6.45, 7) is 5.73. The highest BCUT2D eigenvalue weighted by molar-refractivity contribution is 6.30. The summed E-state index contributed by atoms with van der Waals surface area (Å²) in [6, 6.07) is 12.6. The van der Waals surface area contributed by atoms with Gasteiger partial charge >= 0.3 is 0 Å². The fourth-order valence-corrected chi connectivity index (χ4v) is 4.06. The van der Waals surface area contributed by atoms with Crippen molar-refractivity contribution in [3.63, 3.8) is 0 Å². The zero-order chi connectivity index (χ0) is 19.0. The van der Waals surface area contributed by atoms with E-state index in [-0.39, 0.29) is 6.04 Å². The van der Waals surface area contributed by atoms with Gasteiger partial charge in [-0.15, -0.1) is 0 Å². The number of aromatic nitrogens is 2. The Morgan fingerprint density at radius 3 is 2.78 bits per heavy atom. The summed E-state index contributed by atoms with van der Waals surface area (Å²) in [4.78, 5) is 17.3. The largest absolute Gasteiger partial charge is 0.341 e. The van der Waals surface area contributed by atoms with E-state index in [2.05, 4.69) is 53.7 Å². The molecule has 1 aromatic heterocycles. The van der Waals surface area contributed by atoms with Gasteiger partial charge in [0.15, 0.2) is 0 Å². The van der Waals surface area contributed by atoms with E-state index < -0.39 is 0 Å². The van der Waals surface area contributed by atoms with Gasteiger partial charge in [0.05, 0.1) is 23.4 Å². The highest BCUT2D eigenvalue weighted by Crippen LogP contribution is 2.30. The third kappa shape index (κ3) is 3.37. The van der Waals surface area contributed by atoms with Crippen molar-refractivity contribution in [1.82, 2.24) is 14.5 Å². The lowest BCUT2D eigenvalue weighted by Crippen LogP contribution is -2.26. The molecule has 1 atom stereocenters. The molecule has 2 aromatic carbocycles. The molecule has 5 heteroatoms. The molecule has 3 aromatic rings.